The topological polar surface area (TPSA) is 6.48 Å². The van der Waals surface area contributed by atoms with Crippen LogP contribution in [0.5, 0.6) is 0 Å². The Morgan fingerprint density at radius 3 is 1.00 bits per heavy atom. The Labute approximate surface area is 322 Å². The van der Waals surface area contributed by atoms with E-state index in [2.05, 4.69) is 0 Å². The smallest absolute Gasteiger partial charge is 0.307 e. The fourth-order valence-electron chi connectivity index (χ4n) is 7.61. The molecular formula is C45H28F6N2S2. The number of anilines is 6. The number of halogens is 6. The van der Waals surface area contributed by atoms with Crippen molar-refractivity contribution in [2.24, 2.45) is 0 Å². The van der Waals surface area contributed by atoms with Crippen molar-refractivity contribution in [1.82, 2.24) is 0 Å². The van der Waals surface area contributed by atoms with Crippen LogP contribution < -0.4 is 9.80 Å². The second-order valence-corrected chi connectivity index (χ2v) is 15.3. The lowest BCUT2D eigenvalue weighted by Crippen LogP contribution is -2.22. The minimum absolute atomic E-state index is 0.144. The van der Waals surface area contributed by atoms with Crippen LogP contribution in [0.1, 0.15) is 16.7 Å². The van der Waals surface area contributed by atoms with Gasteiger partial charge in [0.15, 0.2) is 0 Å². The summed E-state index contributed by atoms with van der Waals surface area (Å²) < 4.78 is 90.3. The standard InChI is InChI=1S/C45H28F6N2S2/c1-27-42(52-34-18-6-10-22-38(34)54-39-23-11-7-19-35(39)52)30(28-14-2-4-16-32(28)44(46,47)48)26-31(29-15-3-5-17-33(29)45(49,50)51)43(27)53-36-20-8-12-24-40(36)55-41-25-13-9-21-37(41)53/h2-26H,1H3. The van der Waals surface area contributed by atoms with Gasteiger partial charge in [0.05, 0.1) is 45.3 Å². The van der Waals surface area contributed by atoms with Crippen molar-refractivity contribution in [1.29, 1.82) is 0 Å². The highest BCUT2D eigenvalue weighted by Gasteiger charge is 2.40. The van der Waals surface area contributed by atoms with Gasteiger partial charge in [-0.3, -0.25) is 0 Å². The van der Waals surface area contributed by atoms with Crippen molar-refractivity contribution in [3.63, 3.8) is 0 Å². The van der Waals surface area contributed by atoms with Gasteiger partial charge < -0.3 is 9.80 Å². The summed E-state index contributed by atoms with van der Waals surface area (Å²) in [7, 11) is 0. The van der Waals surface area contributed by atoms with Crippen LogP contribution in [0.15, 0.2) is 171 Å². The van der Waals surface area contributed by atoms with Gasteiger partial charge in [0.25, 0.3) is 0 Å². The molecule has 0 saturated heterocycles. The third-order valence-electron chi connectivity index (χ3n) is 9.87. The average Bonchev–Trinajstić information content (AvgIpc) is 3.18. The summed E-state index contributed by atoms with van der Waals surface area (Å²) in [4.78, 5) is 7.47. The monoisotopic (exact) mass is 774 g/mol. The summed E-state index contributed by atoms with van der Waals surface area (Å²) in [5.41, 5.74) is 2.52. The van der Waals surface area contributed by atoms with Crippen LogP contribution in [0, 0.1) is 6.92 Å². The number of alkyl halides is 6. The maximum absolute atomic E-state index is 15.1. The summed E-state index contributed by atoms with van der Waals surface area (Å²) in [5, 5.41) is 0. The van der Waals surface area contributed by atoms with Crippen LogP contribution in [0.2, 0.25) is 0 Å². The number of hydrogen-bond donors (Lipinski definition) is 0. The molecule has 0 N–H and O–H groups in total. The second kappa shape index (κ2) is 13.3. The highest BCUT2D eigenvalue weighted by molar-refractivity contribution is 8.00. The fraction of sp³-hybridized carbons (Fsp3) is 0.0667. The van der Waals surface area contributed by atoms with Crippen molar-refractivity contribution >= 4 is 57.6 Å². The van der Waals surface area contributed by atoms with Crippen LogP contribution in [-0.2, 0) is 12.4 Å². The molecule has 0 fully saturated rings. The highest BCUT2D eigenvalue weighted by Crippen LogP contribution is 2.60. The molecule has 0 spiro atoms. The molecule has 272 valence electrons. The molecule has 2 aliphatic heterocycles. The second-order valence-electron chi connectivity index (χ2n) is 13.1. The van der Waals surface area contributed by atoms with Gasteiger partial charge in [0.2, 0.25) is 0 Å². The first-order valence-corrected chi connectivity index (χ1v) is 19.0. The Bertz CT molecular complexity index is 2370. The molecule has 9 rings (SSSR count). The van der Waals surface area contributed by atoms with Gasteiger partial charge in [-0.1, -0.05) is 108 Å². The largest absolute Gasteiger partial charge is 0.417 e. The van der Waals surface area contributed by atoms with E-state index in [1.165, 1.54) is 42.5 Å². The van der Waals surface area contributed by atoms with E-state index in [4.69, 9.17) is 0 Å². The Morgan fingerprint density at radius 1 is 0.382 bits per heavy atom. The maximum Gasteiger partial charge on any atom is 0.417 e. The lowest BCUT2D eigenvalue weighted by atomic mass is 9.87. The van der Waals surface area contributed by atoms with Crippen LogP contribution in [0.4, 0.5) is 60.5 Å². The quantitative estimate of drug-likeness (QED) is 0.164. The van der Waals surface area contributed by atoms with Gasteiger partial charge in [0, 0.05) is 30.7 Å². The van der Waals surface area contributed by atoms with Crippen LogP contribution in [-0.4, -0.2) is 0 Å². The van der Waals surface area contributed by atoms with Crippen LogP contribution >= 0.6 is 23.5 Å². The molecule has 2 nitrogen and oxygen atoms in total. The number of hydrogen-bond acceptors (Lipinski definition) is 4. The van der Waals surface area contributed by atoms with Crippen molar-refractivity contribution < 1.29 is 26.3 Å². The van der Waals surface area contributed by atoms with E-state index in [1.807, 2.05) is 114 Å². The first kappa shape index (κ1) is 35.1. The molecule has 0 saturated carbocycles. The van der Waals surface area contributed by atoms with Gasteiger partial charge in [-0.15, -0.1) is 0 Å². The number of nitrogens with zero attached hydrogens (tertiary/aromatic N) is 2. The Kier molecular flexibility index (Phi) is 8.51. The highest BCUT2D eigenvalue weighted by atomic mass is 32.2. The van der Waals surface area contributed by atoms with Gasteiger partial charge in [-0.25, -0.2) is 0 Å². The normalized spacial score (nSPS) is 13.5. The van der Waals surface area contributed by atoms with Crippen LogP contribution in [0.3, 0.4) is 0 Å². The molecule has 2 heterocycles. The van der Waals surface area contributed by atoms with E-state index in [0.29, 0.717) is 16.9 Å². The number of para-hydroxylation sites is 4. The Balaban J connectivity index is 1.50. The van der Waals surface area contributed by atoms with Crippen molar-refractivity contribution in [3.8, 4) is 22.3 Å². The van der Waals surface area contributed by atoms with E-state index < -0.39 is 23.5 Å². The summed E-state index contributed by atoms with van der Waals surface area (Å²) in [6.07, 6.45) is -9.53. The summed E-state index contributed by atoms with van der Waals surface area (Å²) in [6.45, 7) is 1.81. The van der Waals surface area contributed by atoms with Gasteiger partial charge >= 0.3 is 12.4 Å². The van der Waals surface area contributed by atoms with E-state index in [9.17, 15) is 0 Å². The SMILES string of the molecule is Cc1c(N2c3ccccc3Sc3ccccc32)c(-c2ccccc2C(F)(F)F)cc(-c2ccccc2C(F)(F)F)c1N1c2ccccc2Sc2ccccc21. The minimum atomic E-state index is -4.76. The fourth-order valence-corrected chi connectivity index (χ4v) is 9.72. The van der Waals surface area contributed by atoms with Gasteiger partial charge in [0.1, 0.15) is 0 Å². The predicted molar refractivity (Wildman–Crippen MR) is 210 cm³/mol. The molecule has 55 heavy (non-hydrogen) atoms. The molecule has 0 radical (unpaired) electrons. The molecule has 0 aromatic heterocycles. The summed E-state index contributed by atoms with van der Waals surface area (Å²) in [6, 6.07) is 42.8. The van der Waals surface area contributed by atoms with Crippen LogP contribution in [0.25, 0.3) is 22.3 Å². The molecule has 2 aliphatic rings. The maximum atomic E-state index is 15.1. The van der Waals surface area contributed by atoms with Crippen molar-refractivity contribution in [2.45, 2.75) is 38.9 Å². The number of benzene rings is 7. The first-order valence-electron chi connectivity index (χ1n) is 17.3. The van der Waals surface area contributed by atoms with Gasteiger partial charge in [-0.05, 0) is 90.3 Å². The van der Waals surface area contributed by atoms with E-state index in [-0.39, 0.29) is 22.3 Å². The zero-order valence-electron chi connectivity index (χ0n) is 28.9. The van der Waals surface area contributed by atoms with Crippen molar-refractivity contribution in [3.05, 3.63) is 168 Å². The third kappa shape index (κ3) is 5.95. The minimum Gasteiger partial charge on any atom is -0.307 e. The predicted octanol–water partition coefficient (Wildman–Crippen LogP) is 15.2. The molecule has 0 unspecified atom stereocenters. The lowest BCUT2D eigenvalue weighted by molar-refractivity contribution is -0.137. The summed E-state index contributed by atoms with van der Waals surface area (Å²) in [5.74, 6) is 0. The van der Waals surface area contributed by atoms with E-state index >= 15 is 26.3 Å². The van der Waals surface area contributed by atoms with E-state index in [1.54, 1.807) is 23.5 Å². The summed E-state index contributed by atoms with van der Waals surface area (Å²) >= 11 is 3.11. The van der Waals surface area contributed by atoms with Crippen molar-refractivity contribution in [2.75, 3.05) is 9.80 Å². The first-order chi connectivity index (χ1) is 26.5. The third-order valence-corrected chi connectivity index (χ3v) is 12.1. The van der Waals surface area contributed by atoms with Gasteiger partial charge in [-0.2, -0.15) is 26.3 Å². The molecule has 0 amide bonds. The molecule has 0 aliphatic carbocycles. The molecule has 7 aromatic carbocycles. The molecular weight excluding hydrogens is 747 g/mol. The van der Waals surface area contributed by atoms with E-state index in [0.717, 1.165) is 54.5 Å². The zero-order chi connectivity index (χ0) is 38.1. The Hall–Kier alpha value is -5.58. The molecule has 7 aromatic rings. The average molecular weight is 775 g/mol. The molecule has 0 bridgehead atoms. The number of rotatable bonds is 4. The Morgan fingerprint density at radius 2 is 0.673 bits per heavy atom. The number of fused-ring (bicyclic) bond motifs is 4. The molecule has 0 atom stereocenters. The zero-order valence-corrected chi connectivity index (χ0v) is 30.5. The molecule has 10 heteroatoms. The lowest BCUT2D eigenvalue weighted by Gasteiger charge is -2.40.